The molecule has 0 aliphatic carbocycles. The minimum Gasteiger partial charge on any atom is -0.489 e. The van der Waals surface area contributed by atoms with Crippen LogP contribution < -0.4 is 10.5 Å². The molecule has 220 valence electrons. The number of nitrogens with two attached hydrogens (primary N) is 1. The number of benzene rings is 2. The highest BCUT2D eigenvalue weighted by Gasteiger charge is 2.37. The Labute approximate surface area is 240 Å². The second-order valence-electron chi connectivity index (χ2n) is 11.5. The van der Waals surface area contributed by atoms with E-state index in [2.05, 4.69) is 9.64 Å². The van der Waals surface area contributed by atoms with Crippen LogP contribution in [0.5, 0.6) is 5.75 Å². The molecule has 0 bridgehead atoms. The van der Waals surface area contributed by atoms with Crippen LogP contribution in [0.2, 0.25) is 0 Å². The summed E-state index contributed by atoms with van der Waals surface area (Å²) in [5.41, 5.74) is 8.25. The lowest BCUT2D eigenvalue weighted by Crippen LogP contribution is -2.45. The number of primary amides is 1. The predicted octanol–water partition coefficient (Wildman–Crippen LogP) is 3.33. The van der Waals surface area contributed by atoms with Gasteiger partial charge in [-0.1, -0.05) is 30.3 Å². The SMILES string of the molecule is COC(=O)CCC(C(N)=O)N1Cc2c(OCc3ccc(CN4CCC[C@H]4C(=O)OC(C)(C)C)cc3)cccc2C1=O. The van der Waals surface area contributed by atoms with Crippen molar-refractivity contribution in [3.05, 3.63) is 64.7 Å². The molecule has 0 spiro atoms. The van der Waals surface area contributed by atoms with Crippen LogP contribution in [0.4, 0.5) is 0 Å². The normalized spacial score (nSPS) is 17.7. The molecule has 1 saturated heterocycles. The van der Waals surface area contributed by atoms with Crippen LogP contribution in [0.25, 0.3) is 0 Å². The van der Waals surface area contributed by atoms with Gasteiger partial charge in [-0.25, -0.2) is 0 Å². The summed E-state index contributed by atoms with van der Waals surface area (Å²) in [5, 5.41) is 0. The van der Waals surface area contributed by atoms with E-state index in [1.54, 1.807) is 18.2 Å². The summed E-state index contributed by atoms with van der Waals surface area (Å²) >= 11 is 0. The summed E-state index contributed by atoms with van der Waals surface area (Å²) in [6, 6.07) is 12.1. The molecule has 0 saturated carbocycles. The van der Waals surface area contributed by atoms with E-state index in [1.807, 2.05) is 45.0 Å². The fourth-order valence-corrected chi connectivity index (χ4v) is 5.31. The van der Waals surface area contributed by atoms with Crippen molar-refractivity contribution in [3.8, 4) is 5.75 Å². The average molecular weight is 566 g/mol. The highest BCUT2D eigenvalue weighted by Crippen LogP contribution is 2.33. The molecule has 2 heterocycles. The fraction of sp³-hybridized carbons (Fsp3) is 0.484. The lowest BCUT2D eigenvalue weighted by atomic mass is 10.1. The zero-order chi connectivity index (χ0) is 29.7. The number of likely N-dealkylation sites (tertiary alicyclic amines) is 1. The minimum atomic E-state index is -0.931. The van der Waals surface area contributed by atoms with Gasteiger partial charge in [0.15, 0.2) is 0 Å². The van der Waals surface area contributed by atoms with E-state index in [1.165, 1.54) is 12.0 Å². The van der Waals surface area contributed by atoms with Crippen molar-refractivity contribution in [3.63, 3.8) is 0 Å². The smallest absolute Gasteiger partial charge is 0.323 e. The molecule has 2 aromatic rings. The van der Waals surface area contributed by atoms with Crippen molar-refractivity contribution in [1.29, 1.82) is 0 Å². The Morgan fingerprint density at radius 3 is 2.44 bits per heavy atom. The topological polar surface area (TPSA) is 128 Å². The van der Waals surface area contributed by atoms with E-state index >= 15 is 0 Å². The van der Waals surface area contributed by atoms with Crippen molar-refractivity contribution < 1.29 is 33.4 Å². The van der Waals surface area contributed by atoms with Crippen molar-refractivity contribution in [2.45, 2.75) is 83.8 Å². The Hall–Kier alpha value is -3.92. The summed E-state index contributed by atoms with van der Waals surface area (Å²) in [5.74, 6) is -1.09. The van der Waals surface area contributed by atoms with Crippen molar-refractivity contribution >= 4 is 23.8 Å². The van der Waals surface area contributed by atoms with E-state index in [4.69, 9.17) is 15.2 Å². The Bertz CT molecular complexity index is 1290. The predicted molar refractivity (Wildman–Crippen MR) is 151 cm³/mol. The third kappa shape index (κ3) is 7.43. The first-order valence-corrected chi connectivity index (χ1v) is 13.9. The Morgan fingerprint density at radius 2 is 1.78 bits per heavy atom. The summed E-state index contributed by atoms with van der Waals surface area (Å²) in [6.45, 7) is 7.61. The van der Waals surface area contributed by atoms with E-state index in [0.29, 0.717) is 23.4 Å². The van der Waals surface area contributed by atoms with Crippen molar-refractivity contribution in [2.24, 2.45) is 5.73 Å². The maximum absolute atomic E-state index is 13.1. The van der Waals surface area contributed by atoms with Crippen LogP contribution in [-0.4, -0.2) is 64.9 Å². The zero-order valence-corrected chi connectivity index (χ0v) is 24.2. The van der Waals surface area contributed by atoms with Gasteiger partial charge in [-0.3, -0.25) is 24.1 Å². The second kappa shape index (κ2) is 12.7. The van der Waals surface area contributed by atoms with Crippen LogP contribution in [0, 0.1) is 0 Å². The van der Waals surface area contributed by atoms with Crippen LogP contribution in [0.1, 0.15) is 73.5 Å². The third-order valence-electron chi connectivity index (χ3n) is 7.35. The van der Waals surface area contributed by atoms with Gasteiger partial charge >= 0.3 is 11.9 Å². The maximum Gasteiger partial charge on any atom is 0.323 e. The Balaban J connectivity index is 1.37. The van der Waals surface area contributed by atoms with Gasteiger partial charge in [0, 0.05) is 24.1 Å². The van der Waals surface area contributed by atoms with Crippen LogP contribution in [-0.2, 0) is 43.6 Å². The number of hydrogen-bond acceptors (Lipinski definition) is 8. The lowest BCUT2D eigenvalue weighted by molar-refractivity contribution is -0.160. The van der Waals surface area contributed by atoms with Crippen LogP contribution in [0.15, 0.2) is 42.5 Å². The highest BCUT2D eigenvalue weighted by molar-refractivity contribution is 6.01. The Morgan fingerprint density at radius 1 is 1.07 bits per heavy atom. The third-order valence-corrected chi connectivity index (χ3v) is 7.35. The number of carbonyl (C=O) groups is 4. The first-order valence-electron chi connectivity index (χ1n) is 13.9. The molecule has 2 N–H and O–H groups in total. The molecule has 2 atom stereocenters. The van der Waals surface area contributed by atoms with Gasteiger partial charge in [0.1, 0.15) is 30.0 Å². The lowest BCUT2D eigenvalue weighted by Gasteiger charge is -2.27. The largest absolute Gasteiger partial charge is 0.489 e. The molecule has 41 heavy (non-hydrogen) atoms. The number of ether oxygens (including phenoxy) is 3. The van der Waals surface area contributed by atoms with E-state index < -0.39 is 23.5 Å². The summed E-state index contributed by atoms with van der Waals surface area (Å²) in [7, 11) is 1.27. The van der Waals surface area contributed by atoms with Crippen molar-refractivity contribution in [2.75, 3.05) is 13.7 Å². The molecule has 2 aliphatic heterocycles. The molecule has 0 aromatic heterocycles. The highest BCUT2D eigenvalue weighted by atomic mass is 16.6. The van der Waals surface area contributed by atoms with Crippen molar-refractivity contribution in [1.82, 2.24) is 9.80 Å². The standard InChI is InChI=1S/C31H39N3O7/c1-31(2,3)41-30(38)25-8-6-16-33(25)17-20-10-12-21(13-11-20)19-40-26-9-5-7-22-23(26)18-34(29(22)37)24(28(32)36)14-15-27(35)39-4/h5,7,9-13,24-25H,6,8,14-19H2,1-4H3,(H2,32,36)/t24?,25-/m0/s1. The quantitative estimate of drug-likeness (QED) is 0.411. The van der Waals surface area contributed by atoms with Gasteiger partial charge in [-0.15, -0.1) is 0 Å². The zero-order valence-electron chi connectivity index (χ0n) is 24.2. The molecule has 1 unspecified atom stereocenters. The van der Waals surface area contributed by atoms with E-state index in [0.717, 1.165) is 30.5 Å². The summed E-state index contributed by atoms with van der Waals surface area (Å²) in [6.07, 6.45) is 1.82. The van der Waals surface area contributed by atoms with Crippen LogP contribution in [0.3, 0.4) is 0 Å². The average Bonchev–Trinajstić information content (AvgIpc) is 3.52. The van der Waals surface area contributed by atoms with Gasteiger partial charge in [0.2, 0.25) is 5.91 Å². The molecule has 0 radical (unpaired) electrons. The fourth-order valence-electron chi connectivity index (χ4n) is 5.31. The van der Waals surface area contributed by atoms with Gasteiger partial charge in [0.25, 0.3) is 5.91 Å². The summed E-state index contributed by atoms with van der Waals surface area (Å²) in [4.78, 5) is 53.1. The molecule has 2 amide bonds. The van der Waals surface area contributed by atoms with Gasteiger partial charge in [0.05, 0.1) is 13.7 Å². The number of rotatable bonds is 11. The number of methoxy groups -OCH3 is 1. The van der Waals surface area contributed by atoms with Gasteiger partial charge in [-0.2, -0.15) is 0 Å². The molecule has 10 nitrogen and oxygen atoms in total. The molecule has 2 aromatic carbocycles. The summed E-state index contributed by atoms with van der Waals surface area (Å²) < 4.78 is 16.4. The first kappa shape index (κ1) is 30.0. The molecular weight excluding hydrogens is 526 g/mol. The monoisotopic (exact) mass is 565 g/mol. The van der Waals surface area contributed by atoms with Crippen LogP contribution >= 0.6 is 0 Å². The number of hydrogen-bond donors (Lipinski definition) is 1. The molecule has 1 fully saturated rings. The number of carbonyl (C=O) groups excluding carboxylic acids is 4. The molecule has 10 heteroatoms. The first-order chi connectivity index (χ1) is 19.5. The number of fused-ring (bicyclic) bond motifs is 1. The second-order valence-corrected chi connectivity index (χ2v) is 11.5. The molecule has 2 aliphatic rings. The Kier molecular flexibility index (Phi) is 9.32. The van der Waals surface area contributed by atoms with Gasteiger partial charge in [-0.05, 0) is 69.8 Å². The van der Waals surface area contributed by atoms with E-state index in [9.17, 15) is 19.2 Å². The minimum absolute atomic E-state index is 0.0248. The number of esters is 2. The molecular formula is C31H39N3O7. The number of amides is 2. The van der Waals surface area contributed by atoms with Gasteiger partial charge < -0.3 is 24.8 Å². The van der Waals surface area contributed by atoms with E-state index in [-0.39, 0.29) is 43.9 Å². The maximum atomic E-state index is 13.1. The molecule has 4 rings (SSSR count). The number of nitrogens with zero attached hydrogens (tertiary/aromatic N) is 2.